The van der Waals surface area contributed by atoms with Crippen molar-refractivity contribution in [2.45, 2.75) is 43.9 Å². The molecule has 0 aromatic heterocycles. The minimum Gasteiger partial charge on any atom is -0.396 e. The number of likely N-dealkylation sites (tertiary alicyclic amines) is 1. The molecule has 1 unspecified atom stereocenters. The van der Waals surface area contributed by atoms with Crippen LogP contribution in [0.4, 0.5) is 9.18 Å². The van der Waals surface area contributed by atoms with Gasteiger partial charge in [-0.25, -0.2) is 9.18 Å². The summed E-state index contributed by atoms with van der Waals surface area (Å²) in [4.78, 5) is 14.2. The molecule has 1 heterocycles. The molecule has 4 nitrogen and oxygen atoms in total. The highest BCUT2D eigenvalue weighted by Crippen LogP contribution is 2.39. The lowest BCUT2D eigenvalue weighted by molar-refractivity contribution is 0.192. The zero-order valence-electron chi connectivity index (χ0n) is 14.1. The lowest BCUT2D eigenvalue weighted by atomic mass is 9.69. The van der Waals surface area contributed by atoms with Crippen molar-refractivity contribution in [2.75, 3.05) is 26.2 Å². The molecule has 2 aliphatic rings. The second-order valence-electron chi connectivity index (χ2n) is 7.29. The summed E-state index contributed by atoms with van der Waals surface area (Å²) < 4.78 is 13.3. The molecule has 2 fully saturated rings. The van der Waals surface area contributed by atoms with Crippen molar-refractivity contribution in [3.05, 3.63) is 35.6 Å². The van der Waals surface area contributed by atoms with E-state index in [1.54, 1.807) is 4.90 Å². The minimum atomic E-state index is -0.221. The third-order valence-corrected chi connectivity index (χ3v) is 5.68. The highest BCUT2D eigenvalue weighted by Gasteiger charge is 2.35. The minimum absolute atomic E-state index is 0.0435. The molecule has 1 aliphatic heterocycles. The number of carbonyl (C=O) groups is 1. The molecule has 3 rings (SSSR count). The van der Waals surface area contributed by atoms with E-state index in [-0.39, 0.29) is 29.8 Å². The highest BCUT2D eigenvalue weighted by molar-refractivity contribution is 5.74. The second-order valence-corrected chi connectivity index (χ2v) is 7.29. The summed E-state index contributed by atoms with van der Waals surface area (Å²) in [6.45, 7) is 2.08. The smallest absolute Gasteiger partial charge is 0.317 e. The van der Waals surface area contributed by atoms with E-state index in [4.69, 9.17) is 0 Å². The van der Waals surface area contributed by atoms with Gasteiger partial charge in [0.05, 0.1) is 0 Å². The number of hydrogen-bond acceptors (Lipinski definition) is 2. The van der Waals surface area contributed by atoms with Gasteiger partial charge in [0.15, 0.2) is 0 Å². The number of urea groups is 1. The molecule has 24 heavy (non-hydrogen) atoms. The van der Waals surface area contributed by atoms with Crippen LogP contribution in [0.15, 0.2) is 24.3 Å². The molecule has 2 N–H and O–H groups in total. The molecule has 1 atom stereocenters. The lowest BCUT2D eigenvalue weighted by Crippen LogP contribution is -2.46. The second kappa shape index (κ2) is 7.51. The van der Waals surface area contributed by atoms with Gasteiger partial charge in [-0.15, -0.1) is 0 Å². The van der Waals surface area contributed by atoms with Crippen molar-refractivity contribution >= 4 is 6.03 Å². The van der Waals surface area contributed by atoms with E-state index in [9.17, 15) is 14.3 Å². The normalized spacial score (nSPS) is 23.2. The van der Waals surface area contributed by atoms with Crippen LogP contribution < -0.4 is 5.32 Å². The Labute approximate surface area is 143 Å². The molecule has 2 amide bonds. The molecule has 1 aromatic rings. The summed E-state index contributed by atoms with van der Waals surface area (Å²) in [5.41, 5.74) is 1.04. The molecule has 5 heteroatoms. The fourth-order valence-corrected chi connectivity index (χ4v) is 4.12. The Morgan fingerprint density at radius 1 is 1.25 bits per heavy atom. The molecule has 1 aliphatic carbocycles. The average molecular weight is 334 g/mol. The van der Waals surface area contributed by atoms with Crippen molar-refractivity contribution in [1.82, 2.24) is 10.2 Å². The summed E-state index contributed by atoms with van der Waals surface area (Å²) >= 11 is 0. The molecular formula is C19H27FN2O2. The van der Waals surface area contributed by atoms with Crippen LogP contribution in [0.25, 0.3) is 0 Å². The first-order valence-electron chi connectivity index (χ1n) is 9.03. The van der Waals surface area contributed by atoms with Gasteiger partial charge in [-0.3, -0.25) is 0 Å². The van der Waals surface area contributed by atoms with E-state index in [2.05, 4.69) is 5.32 Å². The number of amides is 2. The van der Waals surface area contributed by atoms with Crippen molar-refractivity contribution in [3.8, 4) is 0 Å². The van der Waals surface area contributed by atoms with Crippen LogP contribution in [-0.4, -0.2) is 42.3 Å². The van der Waals surface area contributed by atoms with Gasteiger partial charge < -0.3 is 15.3 Å². The van der Waals surface area contributed by atoms with E-state index in [1.807, 2.05) is 12.1 Å². The predicted octanol–water partition coefficient (Wildman–Crippen LogP) is 3.05. The number of nitrogens with one attached hydrogen (secondary N) is 1. The van der Waals surface area contributed by atoms with Gasteiger partial charge in [0.1, 0.15) is 5.82 Å². The van der Waals surface area contributed by atoms with Crippen molar-refractivity contribution in [3.63, 3.8) is 0 Å². The number of rotatable bonds is 4. The molecule has 1 aromatic carbocycles. The third kappa shape index (κ3) is 3.72. The maximum absolute atomic E-state index is 13.3. The molecular weight excluding hydrogens is 307 g/mol. The fourth-order valence-electron chi connectivity index (χ4n) is 4.12. The Balaban J connectivity index is 1.66. The van der Waals surface area contributed by atoms with E-state index in [0.717, 1.165) is 37.7 Å². The first kappa shape index (κ1) is 17.2. The summed E-state index contributed by atoms with van der Waals surface area (Å²) in [7, 11) is 0. The van der Waals surface area contributed by atoms with Gasteiger partial charge in [-0.05, 0) is 37.0 Å². The number of aliphatic hydroxyl groups excluding tert-OH is 1. The Morgan fingerprint density at radius 2 is 1.96 bits per heavy atom. The fraction of sp³-hybridized carbons (Fsp3) is 0.632. The van der Waals surface area contributed by atoms with Gasteiger partial charge in [0.2, 0.25) is 0 Å². The van der Waals surface area contributed by atoms with Crippen LogP contribution in [0.5, 0.6) is 0 Å². The maximum atomic E-state index is 13.3. The Morgan fingerprint density at radius 3 is 2.58 bits per heavy atom. The van der Waals surface area contributed by atoms with E-state index in [1.165, 1.54) is 18.6 Å². The number of hydrogen-bond donors (Lipinski definition) is 2. The average Bonchev–Trinajstić information content (AvgIpc) is 3.10. The van der Waals surface area contributed by atoms with Gasteiger partial charge in [-0.2, -0.15) is 0 Å². The number of aliphatic hydroxyl groups is 1. The van der Waals surface area contributed by atoms with E-state index >= 15 is 0 Å². The van der Waals surface area contributed by atoms with Crippen LogP contribution in [0.2, 0.25) is 0 Å². The zero-order valence-corrected chi connectivity index (χ0v) is 14.1. The largest absolute Gasteiger partial charge is 0.396 e. The van der Waals surface area contributed by atoms with Crippen molar-refractivity contribution < 1.29 is 14.3 Å². The zero-order chi connectivity index (χ0) is 17.0. The number of carbonyl (C=O) groups excluding carboxylic acids is 1. The quantitative estimate of drug-likeness (QED) is 0.889. The number of benzene rings is 1. The molecule has 0 spiro atoms. The molecule has 132 valence electrons. The first-order valence-corrected chi connectivity index (χ1v) is 9.03. The van der Waals surface area contributed by atoms with Gasteiger partial charge in [-0.1, -0.05) is 31.4 Å². The highest BCUT2D eigenvalue weighted by atomic mass is 19.1. The van der Waals surface area contributed by atoms with Crippen LogP contribution in [0.3, 0.4) is 0 Å². The number of halogens is 1. The van der Waals surface area contributed by atoms with Crippen molar-refractivity contribution in [1.29, 1.82) is 0 Å². The molecule has 0 bridgehead atoms. The standard InChI is InChI=1S/C19H27FN2O2/c20-17-6-4-16(5-7-17)19(9-2-1-3-10-19)14-21-18(24)22-11-8-15(12-22)13-23/h4-7,15,23H,1-3,8-14H2,(H,21,24). The molecule has 0 radical (unpaired) electrons. The lowest BCUT2D eigenvalue weighted by Gasteiger charge is -2.38. The van der Waals surface area contributed by atoms with Crippen LogP contribution >= 0.6 is 0 Å². The van der Waals surface area contributed by atoms with E-state index < -0.39 is 0 Å². The third-order valence-electron chi connectivity index (χ3n) is 5.68. The van der Waals surface area contributed by atoms with Gasteiger partial charge in [0, 0.05) is 37.6 Å². The Hall–Kier alpha value is -1.62. The Bertz CT molecular complexity index is 555. The number of nitrogens with zero attached hydrogens (tertiary/aromatic N) is 1. The summed E-state index contributed by atoms with van der Waals surface area (Å²) in [6.07, 6.45) is 6.43. The summed E-state index contributed by atoms with van der Waals surface area (Å²) in [5.74, 6) is -0.0163. The monoisotopic (exact) mass is 334 g/mol. The maximum Gasteiger partial charge on any atom is 0.317 e. The molecule has 1 saturated heterocycles. The SMILES string of the molecule is O=C(NCC1(c2ccc(F)cc2)CCCCC1)N1CCC(CO)C1. The van der Waals surface area contributed by atoms with Gasteiger partial charge in [0.25, 0.3) is 0 Å². The first-order chi connectivity index (χ1) is 11.6. The molecule has 1 saturated carbocycles. The summed E-state index contributed by atoms with van der Waals surface area (Å²) in [5, 5.41) is 12.3. The van der Waals surface area contributed by atoms with E-state index in [0.29, 0.717) is 19.6 Å². The van der Waals surface area contributed by atoms with Crippen LogP contribution in [0.1, 0.15) is 44.1 Å². The van der Waals surface area contributed by atoms with Crippen LogP contribution in [-0.2, 0) is 5.41 Å². The predicted molar refractivity (Wildman–Crippen MR) is 91.3 cm³/mol. The Kier molecular flexibility index (Phi) is 5.39. The van der Waals surface area contributed by atoms with Gasteiger partial charge >= 0.3 is 6.03 Å². The van der Waals surface area contributed by atoms with Crippen molar-refractivity contribution in [2.24, 2.45) is 5.92 Å². The van der Waals surface area contributed by atoms with Crippen LogP contribution in [0, 0.1) is 11.7 Å². The summed E-state index contributed by atoms with van der Waals surface area (Å²) in [6, 6.07) is 6.71. The topological polar surface area (TPSA) is 52.6 Å².